The lowest BCUT2D eigenvalue weighted by atomic mass is 10.2. The molecule has 19 heavy (non-hydrogen) atoms. The van der Waals surface area contributed by atoms with Gasteiger partial charge in [0.2, 0.25) is 10.0 Å². The maximum absolute atomic E-state index is 12.3. The summed E-state index contributed by atoms with van der Waals surface area (Å²) < 4.78 is 27.3. The Hall–Kier alpha value is -0.330. The molecule has 1 fully saturated rings. The van der Waals surface area contributed by atoms with E-state index in [1.165, 1.54) is 12.1 Å². The molecule has 0 heterocycles. The highest BCUT2D eigenvalue weighted by atomic mass is 35.5. The molecule has 1 aromatic carbocycles. The molecule has 0 unspecified atom stereocenters. The Balaban J connectivity index is 2.40. The first kappa shape index (κ1) is 15.1. The predicted molar refractivity (Wildman–Crippen MR) is 77.2 cm³/mol. The van der Waals surface area contributed by atoms with Gasteiger partial charge in [0.15, 0.2) is 0 Å². The maximum atomic E-state index is 12.3. The molecule has 2 N–H and O–H groups in total. The number of hydrogen-bond donors (Lipinski definition) is 2. The Morgan fingerprint density at radius 1 is 1.26 bits per heavy atom. The van der Waals surface area contributed by atoms with Gasteiger partial charge in [-0.1, -0.05) is 23.2 Å². The van der Waals surface area contributed by atoms with E-state index in [4.69, 9.17) is 23.2 Å². The topological polar surface area (TPSA) is 58.2 Å². The summed E-state index contributed by atoms with van der Waals surface area (Å²) in [6.07, 6.45) is 1.70. The molecule has 0 spiro atoms. The van der Waals surface area contributed by atoms with Crippen molar-refractivity contribution in [3.63, 3.8) is 0 Å². The van der Waals surface area contributed by atoms with Crippen LogP contribution in [0.5, 0.6) is 0 Å². The fourth-order valence-electron chi connectivity index (χ4n) is 1.77. The zero-order valence-electron chi connectivity index (χ0n) is 10.8. The summed E-state index contributed by atoms with van der Waals surface area (Å²) >= 11 is 12.0. The van der Waals surface area contributed by atoms with Gasteiger partial charge in [-0.15, -0.1) is 0 Å². The molecule has 1 saturated carbocycles. The smallest absolute Gasteiger partial charge is 0.242 e. The van der Waals surface area contributed by atoms with Crippen molar-refractivity contribution in [2.45, 2.75) is 36.7 Å². The summed E-state index contributed by atoms with van der Waals surface area (Å²) in [5, 5.41) is 3.54. The van der Waals surface area contributed by atoms with Crippen LogP contribution < -0.4 is 10.0 Å². The summed E-state index contributed by atoms with van der Waals surface area (Å²) in [5.41, 5.74) is 0.375. The van der Waals surface area contributed by atoms with E-state index in [-0.39, 0.29) is 15.5 Å². The molecule has 1 aromatic rings. The number of benzene rings is 1. The zero-order chi connectivity index (χ0) is 14.3. The predicted octanol–water partition coefficient (Wildman–Crippen LogP) is 2.54. The average Bonchev–Trinajstić information content (AvgIpc) is 2.98. The van der Waals surface area contributed by atoms with Crippen LogP contribution in [0.25, 0.3) is 0 Å². The fourth-order valence-corrected chi connectivity index (χ4v) is 4.10. The second-order valence-electron chi connectivity index (χ2n) is 5.07. The number of sulfonamides is 1. The van der Waals surface area contributed by atoms with Crippen LogP contribution in [-0.4, -0.2) is 21.0 Å². The van der Waals surface area contributed by atoms with Crippen LogP contribution >= 0.6 is 23.2 Å². The van der Waals surface area contributed by atoms with Gasteiger partial charge in [-0.3, -0.25) is 0 Å². The molecule has 1 aliphatic carbocycles. The van der Waals surface area contributed by atoms with Crippen molar-refractivity contribution < 1.29 is 8.42 Å². The highest BCUT2D eigenvalue weighted by molar-refractivity contribution is 7.89. The average molecular weight is 323 g/mol. The van der Waals surface area contributed by atoms with Gasteiger partial charge >= 0.3 is 0 Å². The first-order valence-corrected chi connectivity index (χ1v) is 8.18. The summed E-state index contributed by atoms with van der Waals surface area (Å²) in [5.74, 6) is 0. The van der Waals surface area contributed by atoms with Gasteiger partial charge < -0.3 is 5.32 Å². The Bertz CT molecular complexity index is 598. The van der Waals surface area contributed by atoms with Gasteiger partial charge in [0.25, 0.3) is 0 Å². The number of hydrogen-bond acceptors (Lipinski definition) is 3. The van der Waals surface area contributed by atoms with Crippen molar-refractivity contribution in [2.24, 2.45) is 0 Å². The van der Waals surface area contributed by atoms with Crippen LogP contribution in [0.4, 0.5) is 0 Å². The van der Waals surface area contributed by atoms with Crippen LogP contribution in [0.3, 0.4) is 0 Å². The second-order valence-corrected chi connectivity index (χ2v) is 7.54. The lowest BCUT2D eigenvalue weighted by Crippen LogP contribution is -2.34. The second kappa shape index (κ2) is 5.22. The van der Waals surface area contributed by atoms with Gasteiger partial charge in [0.05, 0.1) is 5.02 Å². The SMILES string of the molecule is CNCc1cc(S(=O)(=O)NC2(C)CC2)c(Cl)cc1Cl. The number of rotatable bonds is 5. The molecular formula is C12H16Cl2N2O2S. The molecule has 0 aromatic heterocycles. The monoisotopic (exact) mass is 322 g/mol. The van der Waals surface area contributed by atoms with E-state index in [0.29, 0.717) is 17.1 Å². The maximum Gasteiger partial charge on any atom is 0.242 e. The molecule has 0 radical (unpaired) electrons. The summed E-state index contributed by atoms with van der Waals surface area (Å²) in [7, 11) is -1.85. The Morgan fingerprint density at radius 3 is 2.42 bits per heavy atom. The van der Waals surface area contributed by atoms with Crippen LogP contribution in [0.1, 0.15) is 25.3 Å². The van der Waals surface area contributed by atoms with Gasteiger partial charge in [-0.05, 0) is 44.5 Å². The van der Waals surface area contributed by atoms with E-state index in [2.05, 4.69) is 10.0 Å². The van der Waals surface area contributed by atoms with Crippen molar-refractivity contribution in [2.75, 3.05) is 7.05 Å². The lowest BCUT2D eigenvalue weighted by Gasteiger charge is -2.15. The molecule has 7 heteroatoms. The van der Waals surface area contributed by atoms with Crippen LogP contribution in [0, 0.1) is 0 Å². The van der Waals surface area contributed by atoms with Crippen molar-refractivity contribution in [1.29, 1.82) is 0 Å². The first-order valence-electron chi connectivity index (χ1n) is 5.94. The van der Waals surface area contributed by atoms with Crippen molar-refractivity contribution >= 4 is 33.2 Å². The third-order valence-electron chi connectivity index (χ3n) is 3.14. The standard InChI is InChI=1S/C12H16Cl2N2O2S/c1-12(3-4-12)16-19(17,18)11-5-8(7-15-2)9(13)6-10(11)14/h5-6,15-16H,3-4,7H2,1-2H3. The number of halogens is 2. The minimum Gasteiger partial charge on any atom is -0.316 e. The number of nitrogens with one attached hydrogen (secondary N) is 2. The van der Waals surface area contributed by atoms with Gasteiger partial charge in [-0.2, -0.15) is 0 Å². The van der Waals surface area contributed by atoms with Crippen molar-refractivity contribution in [3.05, 3.63) is 27.7 Å². The molecule has 0 aliphatic heterocycles. The van der Waals surface area contributed by atoms with E-state index in [1.54, 1.807) is 7.05 Å². The molecule has 0 amide bonds. The molecule has 4 nitrogen and oxygen atoms in total. The van der Waals surface area contributed by atoms with Crippen LogP contribution in [0.15, 0.2) is 17.0 Å². The first-order chi connectivity index (χ1) is 8.77. The Labute approximate surface area is 123 Å². The molecule has 0 atom stereocenters. The molecule has 1 aliphatic rings. The largest absolute Gasteiger partial charge is 0.316 e. The third kappa shape index (κ3) is 3.41. The highest BCUT2D eigenvalue weighted by Gasteiger charge is 2.41. The van der Waals surface area contributed by atoms with E-state index in [0.717, 1.165) is 12.8 Å². The van der Waals surface area contributed by atoms with Gasteiger partial charge in [0.1, 0.15) is 4.90 Å². The summed E-state index contributed by atoms with van der Waals surface area (Å²) in [6.45, 7) is 2.36. The Morgan fingerprint density at radius 2 is 1.89 bits per heavy atom. The van der Waals surface area contributed by atoms with Crippen LogP contribution in [0.2, 0.25) is 10.0 Å². The molecule has 0 saturated heterocycles. The Kier molecular flexibility index (Phi) is 4.14. The highest BCUT2D eigenvalue weighted by Crippen LogP contribution is 2.37. The molecule has 0 bridgehead atoms. The summed E-state index contributed by atoms with van der Waals surface area (Å²) in [6, 6.07) is 2.99. The van der Waals surface area contributed by atoms with Gasteiger partial charge in [-0.25, -0.2) is 13.1 Å². The van der Waals surface area contributed by atoms with E-state index in [9.17, 15) is 8.42 Å². The minimum atomic E-state index is -3.61. The molecule has 106 valence electrons. The fraction of sp³-hybridized carbons (Fsp3) is 0.500. The minimum absolute atomic E-state index is 0.0805. The van der Waals surface area contributed by atoms with Crippen molar-refractivity contribution in [1.82, 2.24) is 10.0 Å². The molecular weight excluding hydrogens is 307 g/mol. The third-order valence-corrected chi connectivity index (χ3v) is 5.59. The molecule has 2 rings (SSSR count). The lowest BCUT2D eigenvalue weighted by molar-refractivity contribution is 0.558. The van der Waals surface area contributed by atoms with E-state index in [1.807, 2.05) is 6.92 Å². The zero-order valence-corrected chi connectivity index (χ0v) is 13.1. The van der Waals surface area contributed by atoms with Crippen LogP contribution in [-0.2, 0) is 16.6 Å². The van der Waals surface area contributed by atoms with Crippen molar-refractivity contribution in [3.8, 4) is 0 Å². The van der Waals surface area contributed by atoms with E-state index < -0.39 is 10.0 Å². The summed E-state index contributed by atoms with van der Waals surface area (Å²) in [4.78, 5) is 0.0805. The van der Waals surface area contributed by atoms with Gasteiger partial charge in [0, 0.05) is 17.1 Å². The van der Waals surface area contributed by atoms with E-state index >= 15 is 0 Å². The normalized spacial score (nSPS) is 17.5. The quantitative estimate of drug-likeness (QED) is 0.875.